The predicted octanol–water partition coefficient (Wildman–Crippen LogP) is 4.36. The Labute approximate surface area is 136 Å². The third-order valence-corrected chi connectivity index (χ3v) is 4.16. The van der Waals surface area contributed by atoms with Crippen LogP contribution in [0.5, 0.6) is 0 Å². The first-order chi connectivity index (χ1) is 10.4. The van der Waals surface area contributed by atoms with E-state index in [1.54, 1.807) is 12.1 Å². The van der Waals surface area contributed by atoms with Gasteiger partial charge in [-0.25, -0.2) is 0 Å². The van der Waals surface area contributed by atoms with Gasteiger partial charge < -0.3 is 5.73 Å². The molecule has 5 nitrogen and oxygen atoms in total. The van der Waals surface area contributed by atoms with Crippen molar-refractivity contribution in [2.45, 2.75) is 51.8 Å². The second-order valence-electron chi connectivity index (χ2n) is 5.85. The summed E-state index contributed by atoms with van der Waals surface area (Å²) < 4.78 is 0. The molecule has 6 heteroatoms. The molecule has 1 aromatic rings. The molecule has 122 valence electrons. The first kappa shape index (κ1) is 18.5. The lowest BCUT2D eigenvalue weighted by Crippen LogP contribution is -2.12. The van der Waals surface area contributed by atoms with Crippen molar-refractivity contribution in [1.82, 2.24) is 0 Å². The number of thioether (sulfide) groups is 1. The number of nitrogens with zero attached hydrogens (tertiary/aromatic N) is 2. The van der Waals surface area contributed by atoms with E-state index < -0.39 is 4.92 Å². The Kier molecular flexibility index (Phi) is 7.95. The highest BCUT2D eigenvalue weighted by Gasteiger charge is 2.06. The molecule has 0 bridgehead atoms. The van der Waals surface area contributed by atoms with E-state index in [0.717, 1.165) is 17.9 Å². The Balaban J connectivity index is 2.39. The minimum absolute atomic E-state index is 0.106. The van der Waals surface area contributed by atoms with Gasteiger partial charge in [0.1, 0.15) is 0 Å². The van der Waals surface area contributed by atoms with E-state index in [9.17, 15) is 10.1 Å². The zero-order valence-corrected chi connectivity index (χ0v) is 14.3. The standard InChI is InChI=1S/C16H25N3O2S/c1-12(2)5-4-6-13(3)18-16(17)22-11-14-7-9-15(10-8-14)19(20)21/h7-10,12-13H,4-6,11H2,1-3H3,(H2,17,18)/t13-/m1/s1. The minimum atomic E-state index is -0.397. The van der Waals surface area contributed by atoms with E-state index in [-0.39, 0.29) is 11.7 Å². The zero-order valence-electron chi connectivity index (χ0n) is 13.5. The van der Waals surface area contributed by atoms with E-state index in [2.05, 4.69) is 25.8 Å². The molecule has 0 amide bonds. The van der Waals surface area contributed by atoms with Crippen molar-refractivity contribution < 1.29 is 4.92 Å². The number of nitro groups is 1. The normalized spacial score (nSPS) is 13.4. The molecule has 0 saturated carbocycles. The molecule has 1 rings (SSSR count). The SMILES string of the molecule is CC(C)CCC[C@@H](C)N=C(N)SCc1ccc([N+](=O)[O-])cc1. The Morgan fingerprint density at radius 2 is 1.91 bits per heavy atom. The summed E-state index contributed by atoms with van der Waals surface area (Å²) in [6.45, 7) is 6.53. The predicted molar refractivity (Wildman–Crippen MR) is 94.2 cm³/mol. The quantitative estimate of drug-likeness (QED) is 0.333. The smallest absolute Gasteiger partial charge is 0.269 e. The molecule has 0 spiro atoms. The van der Waals surface area contributed by atoms with Crippen molar-refractivity contribution in [3.8, 4) is 0 Å². The van der Waals surface area contributed by atoms with Crippen LogP contribution < -0.4 is 5.73 Å². The topological polar surface area (TPSA) is 81.5 Å². The highest BCUT2D eigenvalue weighted by Crippen LogP contribution is 2.17. The highest BCUT2D eigenvalue weighted by molar-refractivity contribution is 8.13. The lowest BCUT2D eigenvalue weighted by molar-refractivity contribution is -0.384. The van der Waals surface area contributed by atoms with Crippen molar-refractivity contribution in [3.05, 3.63) is 39.9 Å². The average molecular weight is 323 g/mol. The molecule has 1 aromatic carbocycles. The van der Waals surface area contributed by atoms with Crippen molar-refractivity contribution in [2.24, 2.45) is 16.6 Å². The summed E-state index contributed by atoms with van der Waals surface area (Å²) in [7, 11) is 0. The number of hydrogen-bond acceptors (Lipinski definition) is 4. The summed E-state index contributed by atoms with van der Waals surface area (Å²) in [4.78, 5) is 14.7. The van der Waals surface area contributed by atoms with Crippen molar-refractivity contribution >= 4 is 22.6 Å². The largest absolute Gasteiger partial charge is 0.379 e. The lowest BCUT2D eigenvalue weighted by Gasteiger charge is -2.09. The van der Waals surface area contributed by atoms with E-state index in [1.807, 2.05) is 0 Å². The number of aliphatic imine (C=N–C) groups is 1. The fourth-order valence-electron chi connectivity index (χ4n) is 2.01. The lowest BCUT2D eigenvalue weighted by atomic mass is 10.0. The molecule has 1 atom stereocenters. The van der Waals surface area contributed by atoms with Crippen LogP contribution in [0.3, 0.4) is 0 Å². The first-order valence-electron chi connectivity index (χ1n) is 7.58. The maximum atomic E-state index is 10.6. The third kappa shape index (κ3) is 7.45. The number of non-ortho nitro benzene ring substituents is 1. The molecular formula is C16H25N3O2S. The van der Waals surface area contributed by atoms with Gasteiger partial charge in [0.15, 0.2) is 5.17 Å². The van der Waals surface area contributed by atoms with Gasteiger partial charge in [-0.15, -0.1) is 0 Å². The van der Waals surface area contributed by atoms with Gasteiger partial charge in [0.2, 0.25) is 0 Å². The van der Waals surface area contributed by atoms with Gasteiger partial charge in [0, 0.05) is 23.9 Å². The first-order valence-corrected chi connectivity index (χ1v) is 8.56. The molecule has 0 radical (unpaired) electrons. The van der Waals surface area contributed by atoms with Crippen LogP contribution >= 0.6 is 11.8 Å². The average Bonchev–Trinajstić information content (AvgIpc) is 2.45. The van der Waals surface area contributed by atoms with Crippen LogP contribution in [0, 0.1) is 16.0 Å². The zero-order chi connectivity index (χ0) is 16.5. The van der Waals surface area contributed by atoms with Crippen LogP contribution in [0.15, 0.2) is 29.3 Å². The molecule has 22 heavy (non-hydrogen) atoms. The van der Waals surface area contributed by atoms with E-state index >= 15 is 0 Å². The summed E-state index contributed by atoms with van der Waals surface area (Å²) in [6.07, 6.45) is 3.44. The Morgan fingerprint density at radius 3 is 2.45 bits per heavy atom. The van der Waals surface area contributed by atoms with Gasteiger partial charge in [-0.05, 0) is 24.8 Å². The van der Waals surface area contributed by atoms with Crippen LogP contribution in [-0.4, -0.2) is 16.1 Å². The van der Waals surface area contributed by atoms with Crippen molar-refractivity contribution in [2.75, 3.05) is 0 Å². The summed E-state index contributed by atoms with van der Waals surface area (Å²) in [5.74, 6) is 1.40. The Morgan fingerprint density at radius 1 is 1.27 bits per heavy atom. The summed E-state index contributed by atoms with van der Waals surface area (Å²) >= 11 is 1.47. The van der Waals surface area contributed by atoms with Gasteiger partial charge >= 0.3 is 0 Å². The Bertz CT molecular complexity index is 501. The van der Waals surface area contributed by atoms with E-state index in [1.165, 1.54) is 36.7 Å². The second-order valence-corrected chi connectivity index (χ2v) is 6.85. The maximum absolute atomic E-state index is 10.6. The van der Waals surface area contributed by atoms with Crippen LogP contribution in [-0.2, 0) is 5.75 Å². The van der Waals surface area contributed by atoms with Gasteiger partial charge in [-0.2, -0.15) is 0 Å². The van der Waals surface area contributed by atoms with Crippen molar-refractivity contribution in [3.63, 3.8) is 0 Å². The molecule has 0 heterocycles. The van der Waals surface area contributed by atoms with E-state index in [0.29, 0.717) is 10.9 Å². The molecule has 0 aliphatic heterocycles. The van der Waals surface area contributed by atoms with Gasteiger partial charge in [0.05, 0.1) is 4.92 Å². The number of amidine groups is 1. The number of benzene rings is 1. The van der Waals surface area contributed by atoms with E-state index in [4.69, 9.17) is 5.73 Å². The molecule has 0 aliphatic carbocycles. The van der Waals surface area contributed by atoms with Crippen LogP contribution in [0.2, 0.25) is 0 Å². The van der Waals surface area contributed by atoms with Gasteiger partial charge in [-0.3, -0.25) is 15.1 Å². The van der Waals surface area contributed by atoms with Crippen molar-refractivity contribution in [1.29, 1.82) is 0 Å². The summed E-state index contributed by atoms with van der Waals surface area (Å²) in [6, 6.07) is 6.77. The van der Waals surface area contributed by atoms with Crippen LogP contribution in [0.1, 0.15) is 45.6 Å². The van der Waals surface area contributed by atoms with Gasteiger partial charge in [-0.1, -0.05) is 50.6 Å². The molecule has 0 unspecified atom stereocenters. The molecule has 0 fully saturated rings. The number of rotatable bonds is 8. The van der Waals surface area contributed by atoms with Gasteiger partial charge in [0.25, 0.3) is 5.69 Å². The molecule has 2 N–H and O–H groups in total. The third-order valence-electron chi connectivity index (χ3n) is 3.28. The number of nitro benzene ring substituents is 1. The maximum Gasteiger partial charge on any atom is 0.269 e. The second kappa shape index (κ2) is 9.46. The number of hydrogen-bond donors (Lipinski definition) is 1. The Hall–Kier alpha value is -1.56. The molecular weight excluding hydrogens is 298 g/mol. The molecule has 0 saturated heterocycles. The summed E-state index contributed by atoms with van der Waals surface area (Å²) in [5.41, 5.74) is 7.04. The minimum Gasteiger partial charge on any atom is -0.379 e. The van der Waals surface area contributed by atoms with Crippen LogP contribution in [0.4, 0.5) is 5.69 Å². The number of nitrogens with two attached hydrogens (primary N) is 1. The van der Waals surface area contributed by atoms with Crippen LogP contribution in [0.25, 0.3) is 0 Å². The molecule has 0 aromatic heterocycles. The fourth-order valence-corrected chi connectivity index (χ4v) is 2.77. The molecule has 0 aliphatic rings. The monoisotopic (exact) mass is 323 g/mol. The fraction of sp³-hybridized carbons (Fsp3) is 0.562. The summed E-state index contributed by atoms with van der Waals surface area (Å²) in [5, 5.41) is 11.2. The highest BCUT2D eigenvalue weighted by atomic mass is 32.2.